The lowest BCUT2D eigenvalue weighted by molar-refractivity contribution is 0.429. The van der Waals surface area contributed by atoms with Gasteiger partial charge in [0, 0.05) is 0 Å². The number of hydrogen-bond donors (Lipinski definition) is 0. The van der Waals surface area contributed by atoms with Gasteiger partial charge in [0.15, 0.2) is 0 Å². The molecular formula is C8H17B. The highest BCUT2D eigenvalue weighted by atomic mass is 14.1. The molecule has 0 saturated heterocycles. The van der Waals surface area contributed by atoms with Gasteiger partial charge in [0.2, 0.25) is 0 Å². The molecule has 9 heavy (non-hydrogen) atoms. The average molecular weight is 124 g/mol. The molecule has 2 radical (unpaired) electrons. The fourth-order valence-corrected chi connectivity index (χ4v) is 1.21. The molecule has 0 aromatic heterocycles. The van der Waals surface area contributed by atoms with E-state index < -0.39 is 0 Å². The van der Waals surface area contributed by atoms with E-state index in [4.69, 9.17) is 7.85 Å². The average Bonchev–Trinajstić information content (AvgIpc) is 1.63. The molecule has 0 heterocycles. The minimum absolute atomic E-state index is 0.815. The zero-order valence-electron chi connectivity index (χ0n) is 6.85. The Morgan fingerprint density at radius 3 is 2.11 bits per heavy atom. The molecule has 0 fully saturated rings. The predicted octanol–water partition coefficient (Wildman–Crippen LogP) is 2.65. The monoisotopic (exact) mass is 124 g/mol. The summed E-state index contributed by atoms with van der Waals surface area (Å²) in [5.74, 6) is 1.64. The maximum Gasteiger partial charge on any atom is 0.0653 e. The molecule has 0 N–H and O–H groups in total. The molecular weight excluding hydrogens is 107 g/mol. The van der Waals surface area contributed by atoms with E-state index in [0.717, 1.165) is 18.2 Å². The fourth-order valence-electron chi connectivity index (χ4n) is 1.21. The van der Waals surface area contributed by atoms with Crippen LogP contribution in [0.5, 0.6) is 0 Å². The van der Waals surface area contributed by atoms with Crippen LogP contribution in [0.1, 0.15) is 33.6 Å². The van der Waals surface area contributed by atoms with Gasteiger partial charge in [-0.05, 0) is 18.3 Å². The van der Waals surface area contributed by atoms with Crippen LogP contribution < -0.4 is 0 Å². The van der Waals surface area contributed by atoms with E-state index in [9.17, 15) is 0 Å². The van der Waals surface area contributed by atoms with Crippen LogP contribution in [0.3, 0.4) is 0 Å². The van der Waals surface area contributed by atoms with Crippen molar-refractivity contribution in [2.75, 3.05) is 0 Å². The highest BCUT2D eigenvalue weighted by molar-refractivity contribution is 6.08. The second-order valence-electron chi connectivity index (χ2n) is 3.31. The Morgan fingerprint density at radius 2 is 1.78 bits per heavy atom. The van der Waals surface area contributed by atoms with E-state index in [-0.39, 0.29) is 0 Å². The van der Waals surface area contributed by atoms with Gasteiger partial charge in [-0.1, -0.05) is 33.5 Å². The van der Waals surface area contributed by atoms with Crippen LogP contribution in [0.25, 0.3) is 0 Å². The van der Waals surface area contributed by atoms with Crippen LogP contribution in [-0.2, 0) is 0 Å². The molecule has 0 aromatic rings. The maximum atomic E-state index is 5.41. The highest BCUT2D eigenvalue weighted by Gasteiger charge is 2.01. The standard InChI is InChI=1S/C8H17B/c1-7(2)6-8(3)4-5-9/h7-8H,4-6H2,1-3H3. The van der Waals surface area contributed by atoms with E-state index >= 15 is 0 Å². The molecule has 0 spiro atoms. The minimum atomic E-state index is 0.815. The quantitative estimate of drug-likeness (QED) is 0.505. The lowest BCUT2D eigenvalue weighted by atomic mass is 9.89. The first-order valence-corrected chi connectivity index (χ1v) is 3.87. The summed E-state index contributed by atoms with van der Waals surface area (Å²) in [6.07, 6.45) is 3.34. The first-order chi connectivity index (χ1) is 4.16. The lowest BCUT2D eigenvalue weighted by Gasteiger charge is -2.11. The van der Waals surface area contributed by atoms with Crippen molar-refractivity contribution < 1.29 is 0 Å². The highest BCUT2D eigenvalue weighted by Crippen LogP contribution is 2.14. The SMILES string of the molecule is [B]CCC(C)CC(C)C. The third-order valence-corrected chi connectivity index (χ3v) is 1.53. The molecule has 1 heteroatoms. The van der Waals surface area contributed by atoms with Gasteiger partial charge in [0.05, 0.1) is 7.85 Å². The summed E-state index contributed by atoms with van der Waals surface area (Å²) in [6, 6.07) is 0. The summed E-state index contributed by atoms with van der Waals surface area (Å²) in [4.78, 5) is 0. The Bertz CT molecular complexity index is 59.6. The van der Waals surface area contributed by atoms with Crippen molar-refractivity contribution in [1.82, 2.24) is 0 Å². The second kappa shape index (κ2) is 4.90. The summed E-state index contributed by atoms with van der Waals surface area (Å²) in [7, 11) is 5.41. The Balaban J connectivity index is 3.15. The number of rotatable bonds is 4. The molecule has 0 bridgehead atoms. The van der Waals surface area contributed by atoms with E-state index in [1.165, 1.54) is 12.8 Å². The first-order valence-electron chi connectivity index (χ1n) is 3.87. The van der Waals surface area contributed by atoms with Gasteiger partial charge in [0.1, 0.15) is 0 Å². The Kier molecular flexibility index (Phi) is 4.93. The summed E-state index contributed by atoms with van der Waals surface area (Å²) in [6.45, 7) is 6.78. The minimum Gasteiger partial charge on any atom is -0.0884 e. The third-order valence-electron chi connectivity index (χ3n) is 1.53. The van der Waals surface area contributed by atoms with Crippen LogP contribution >= 0.6 is 0 Å². The summed E-state index contributed by atoms with van der Waals surface area (Å²) in [5.41, 5.74) is 0. The van der Waals surface area contributed by atoms with Crippen LogP contribution in [0.15, 0.2) is 0 Å². The van der Waals surface area contributed by atoms with Gasteiger partial charge < -0.3 is 0 Å². The van der Waals surface area contributed by atoms with Crippen molar-refractivity contribution in [1.29, 1.82) is 0 Å². The normalized spacial score (nSPS) is 14.2. The molecule has 0 aliphatic rings. The van der Waals surface area contributed by atoms with E-state index in [0.29, 0.717) is 0 Å². The van der Waals surface area contributed by atoms with Gasteiger partial charge in [-0.15, -0.1) is 0 Å². The molecule has 0 aliphatic heterocycles. The lowest BCUT2D eigenvalue weighted by Crippen LogP contribution is -1.99. The third kappa shape index (κ3) is 5.94. The van der Waals surface area contributed by atoms with Gasteiger partial charge in [-0.25, -0.2) is 0 Å². The van der Waals surface area contributed by atoms with E-state index in [1.807, 2.05) is 0 Å². The van der Waals surface area contributed by atoms with Gasteiger partial charge in [0.25, 0.3) is 0 Å². The molecule has 52 valence electrons. The summed E-state index contributed by atoms with van der Waals surface area (Å²) < 4.78 is 0. The van der Waals surface area contributed by atoms with Gasteiger partial charge >= 0.3 is 0 Å². The van der Waals surface area contributed by atoms with Gasteiger partial charge in [-0.3, -0.25) is 0 Å². The van der Waals surface area contributed by atoms with Crippen molar-refractivity contribution in [2.45, 2.75) is 39.9 Å². The smallest absolute Gasteiger partial charge is 0.0653 e. The zero-order chi connectivity index (χ0) is 7.28. The van der Waals surface area contributed by atoms with Crippen molar-refractivity contribution in [3.05, 3.63) is 0 Å². The fraction of sp³-hybridized carbons (Fsp3) is 1.00. The van der Waals surface area contributed by atoms with E-state index in [1.54, 1.807) is 0 Å². The molecule has 0 saturated carbocycles. The molecule has 0 amide bonds. The maximum absolute atomic E-state index is 5.41. The number of hydrogen-bond acceptors (Lipinski definition) is 0. The van der Waals surface area contributed by atoms with Crippen LogP contribution in [0, 0.1) is 11.8 Å². The summed E-state index contributed by atoms with van der Waals surface area (Å²) in [5, 5.41) is 0. The topological polar surface area (TPSA) is 0 Å². The van der Waals surface area contributed by atoms with Crippen molar-refractivity contribution in [3.63, 3.8) is 0 Å². The molecule has 0 aliphatic carbocycles. The van der Waals surface area contributed by atoms with Crippen LogP contribution in [-0.4, -0.2) is 7.85 Å². The molecule has 0 aromatic carbocycles. The second-order valence-corrected chi connectivity index (χ2v) is 3.31. The Morgan fingerprint density at radius 1 is 1.22 bits per heavy atom. The van der Waals surface area contributed by atoms with Crippen molar-refractivity contribution in [2.24, 2.45) is 11.8 Å². The molecule has 0 nitrogen and oxygen atoms in total. The van der Waals surface area contributed by atoms with Crippen LogP contribution in [0.2, 0.25) is 6.32 Å². The Hall–Kier alpha value is 0.0649. The Labute approximate surface area is 60.4 Å². The molecule has 1 atom stereocenters. The zero-order valence-corrected chi connectivity index (χ0v) is 6.85. The largest absolute Gasteiger partial charge is 0.0884 e. The van der Waals surface area contributed by atoms with Crippen molar-refractivity contribution in [3.8, 4) is 0 Å². The predicted molar refractivity (Wildman–Crippen MR) is 43.8 cm³/mol. The van der Waals surface area contributed by atoms with Gasteiger partial charge in [-0.2, -0.15) is 0 Å². The first kappa shape index (κ1) is 9.06. The summed E-state index contributed by atoms with van der Waals surface area (Å²) >= 11 is 0. The van der Waals surface area contributed by atoms with E-state index in [2.05, 4.69) is 20.8 Å². The van der Waals surface area contributed by atoms with Crippen LogP contribution in [0.4, 0.5) is 0 Å². The molecule has 0 rings (SSSR count). The van der Waals surface area contributed by atoms with Crippen molar-refractivity contribution >= 4 is 7.85 Å². The molecule has 1 unspecified atom stereocenters.